The molecule has 0 aliphatic carbocycles. The second kappa shape index (κ2) is 10.5. The van der Waals surface area contributed by atoms with Gasteiger partial charge in [0.15, 0.2) is 0 Å². The van der Waals surface area contributed by atoms with Gasteiger partial charge in [0.1, 0.15) is 6.54 Å². The summed E-state index contributed by atoms with van der Waals surface area (Å²) < 4.78 is 0. The maximum Gasteiger partial charge on any atom is 0.240 e. The maximum absolute atomic E-state index is 12.4. The Bertz CT molecular complexity index is 786. The molecule has 0 bridgehead atoms. The molecular weight excluding hydrogens is 350 g/mol. The van der Waals surface area contributed by atoms with Crippen LogP contribution in [0.1, 0.15) is 31.9 Å². The molecular formula is C23H31N3O2. The van der Waals surface area contributed by atoms with Crippen LogP contribution in [-0.2, 0) is 16.0 Å². The molecule has 0 spiro atoms. The second-order valence-electron chi connectivity index (χ2n) is 6.83. The van der Waals surface area contributed by atoms with Crippen molar-refractivity contribution in [3.63, 3.8) is 0 Å². The zero-order valence-corrected chi connectivity index (χ0v) is 17.4. The molecule has 2 aromatic rings. The SMILES string of the molecule is CCN(CC)c1ccc(N(CC(=O)NCCc2ccccc2)C(C)=O)c(C)c1. The van der Waals surface area contributed by atoms with Gasteiger partial charge >= 0.3 is 0 Å². The van der Waals surface area contributed by atoms with E-state index in [1.807, 2.05) is 49.4 Å². The van der Waals surface area contributed by atoms with Gasteiger partial charge < -0.3 is 15.1 Å². The van der Waals surface area contributed by atoms with Gasteiger partial charge in [0.2, 0.25) is 11.8 Å². The number of nitrogens with zero attached hydrogens (tertiary/aromatic N) is 2. The van der Waals surface area contributed by atoms with Crippen LogP contribution in [0, 0.1) is 6.92 Å². The van der Waals surface area contributed by atoms with Crippen LogP contribution in [0.3, 0.4) is 0 Å². The lowest BCUT2D eigenvalue weighted by Gasteiger charge is -2.26. The highest BCUT2D eigenvalue weighted by molar-refractivity contribution is 5.98. The summed E-state index contributed by atoms with van der Waals surface area (Å²) in [4.78, 5) is 28.4. The molecule has 0 fully saturated rings. The zero-order chi connectivity index (χ0) is 20.5. The first-order valence-electron chi connectivity index (χ1n) is 9.90. The molecule has 5 nitrogen and oxygen atoms in total. The lowest BCUT2D eigenvalue weighted by molar-refractivity contribution is -0.123. The van der Waals surface area contributed by atoms with E-state index in [9.17, 15) is 9.59 Å². The summed E-state index contributed by atoms with van der Waals surface area (Å²) in [6, 6.07) is 16.0. The molecule has 1 N–H and O–H groups in total. The molecule has 0 atom stereocenters. The maximum atomic E-state index is 12.4. The van der Waals surface area contributed by atoms with Crippen molar-refractivity contribution in [3.8, 4) is 0 Å². The highest BCUT2D eigenvalue weighted by Gasteiger charge is 2.18. The van der Waals surface area contributed by atoms with Gasteiger partial charge in [-0.2, -0.15) is 0 Å². The summed E-state index contributed by atoms with van der Waals surface area (Å²) in [6.45, 7) is 10.1. The summed E-state index contributed by atoms with van der Waals surface area (Å²) in [5.41, 5.74) is 4.06. The fourth-order valence-electron chi connectivity index (χ4n) is 3.28. The molecule has 0 unspecified atom stereocenters. The summed E-state index contributed by atoms with van der Waals surface area (Å²) >= 11 is 0. The minimum atomic E-state index is -0.154. The van der Waals surface area contributed by atoms with E-state index in [1.165, 1.54) is 12.5 Å². The number of rotatable bonds is 9. The van der Waals surface area contributed by atoms with E-state index in [0.717, 1.165) is 36.4 Å². The van der Waals surface area contributed by atoms with Gasteiger partial charge in [-0.15, -0.1) is 0 Å². The molecule has 0 aliphatic rings. The van der Waals surface area contributed by atoms with Crippen LogP contribution in [0.4, 0.5) is 11.4 Å². The van der Waals surface area contributed by atoms with Crippen LogP contribution in [0.15, 0.2) is 48.5 Å². The fraction of sp³-hybridized carbons (Fsp3) is 0.391. The number of amides is 2. The molecule has 2 aromatic carbocycles. The van der Waals surface area contributed by atoms with Gasteiger partial charge in [-0.05, 0) is 56.5 Å². The van der Waals surface area contributed by atoms with Crippen LogP contribution in [-0.4, -0.2) is 38.0 Å². The zero-order valence-electron chi connectivity index (χ0n) is 17.4. The van der Waals surface area contributed by atoms with Crippen LogP contribution in [0.5, 0.6) is 0 Å². The van der Waals surface area contributed by atoms with E-state index >= 15 is 0 Å². The van der Waals surface area contributed by atoms with Crippen molar-refractivity contribution in [2.45, 2.75) is 34.1 Å². The number of carbonyl (C=O) groups excluding carboxylic acids is 2. The number of anilines is 2. The van der Waals surface area contributed by atoms with Gasteiger partial charge in [-0.1, -0.05) is 30.3 Å². The normalized spacial score (nSPS) is 10.4. The minimum Gasteiger partial charge on any atom is -0.372 e. The Morgan fingerprint density at radius 2 is 1.68 bits per heavy atom. The first kappa shape index (κ1) is 21.5. The topological polar surface area (TPSA) is 52.6 Å². The Morgan fingerprint density at radius 1 is 1.00 bits per heavy atom. The smallest absolute Gasteiger partial charge is 0.240 e. The largest absolute Gasteiger partial charge is 0.372 e. The van der Waals surface area contributed by atoms with Crippen molar-refractivity contribution in [1.29, 1.82) is 0 Å². The number of benzene rings is 2. The minimum absolute atomic E-state index is 0.0234. The predicted octanol–water partition coefficient (Wildman–Crippen LogP) is 3.55. The Hall–Kier alpha value is -2.82. The molecule has 0 radical (unpaired) electrons. The molecule has 0 aromatic heterocycles. The third-order valence-electron chi connectivity index (χ3n) is 4.86. The fourth-order valence-corrected chi connectivity index (χ4v) is 3.28. The number of nitrogens with one attached hydrogen (secondary N) is 1. The van der Waals surface area contributed by atoms with Crippen LogP contribution in [0.25, 0.3) is 0 Å². The van der Waals surface area contributed by atoms with Gasteiger partial charge in [0, 0.05) is 37.9 Å². The van der Waals surface area contributed by atoms with E-state index in [-0.39, 0.29) is 18.4 Å². The average molecular weight is 382 g/mol. The van der Waals surface area contributed by atoms with Crippen molar-refractivity contribution >= 4 is 23.2 Å². The average Bonchev–Trinajstić information content (AvgIpc) is 2.68. The number of hydrogen-bond donors (Lipinski definition) is 1. The molecule has 28 heavy (non-hydrogen) atoms. The third-order valence-corrected chi connectivity index (χ3v) is 4.86. The molecule has 0 saturated carbocycles. The van der Waals surface area contributed by atoms with Gasteiger partial charge in [-0.3, -0.25) is 9.59 Å². The van der Waals surface area contributed by atoms with Crippen LogP contribution < -0.4 is 15.1 Å². The molecule has 0 saturated heterocycles. The van der Waals surface area contributed by atoms with Crippen molar-refractivity contribution < 1.29 is 9.59 Å². The summed E-state index contributed by atoms with van der Waals surface area (Å²) in [5.74, 6) is -0.296. The second-order valence-corrected chi connectivity index (χ2v) is 6.83. The molecule has 2 amide bonds. The Kier molecular flexibility index (Phi) is 8.05. The summed E-state index contributed by atoms with van der Waals surface area (Å²) in [6.07, 6.45) is 0.768. The number of carbonyl (C=O) groups is 2. The van der Waals surface area contributed by atoms with E-state index < -0.39 is 0 Å². The molecule has 150 valence electrons. The Balaban J connectivity index is 2.02. The summed E-state index contributed by atoms with van der Waals surface area (Å²) in [7, 11) is 0. The van der Waals surface area contributed by atoms with Gasteiger partial charge in [0.25, 0.3) is 0 Å². The Labute approximate surface area is 168 Å². The van der Waals surface area contributed by atoms with E-state index in [0.29, 0.717) is 6.54 Å². The molecule has 2 rings (SSSR count). The monoisotopic (exact) mass is 381 g/mol. The quantitative estimate of drug-likeness (QED) is 0.723. The van der Waals surface area contributed by atoms with Crippen molar-refractivity contribution in [3.05, 3.63) is 59.7 Å². The van der Waals surface area contributed by atoms with Gasteiger partial charge in [-0.25, -0.2) is 0 Å². The highest BCUT2D eigenvalue weighted by Crippen LogP contribution is 2.26. The first-order chi connectivity index (χ1) is 13.5. The molecule has 0 aliphatic heterocycles. The first-order valence-corrected chi connectivity index (χ1v) is 9.90. The third kappa shape index (κ3) is 5.84. The number of aryl methyl sites for hydroxylation is 1. The Morgan fingerprint density at radius 3 is 2.25 bits per heavy atom. The lowest BCUT2D eigenvalue weighted by Crippen LogP contribution is -2.40. The predicted molar refractivity (Wildman–Crippen MR) is 116 cm³/mol. The van der Waals surface area contributed by atoms with E-state index in [2.05, 4.69) is 30.1 Å². The van der Waals surface area contributed by atoms with Gasteiger partial charge in [0.05, 0.1) is 0 Å². The van der Waals surface area contributed by atoms with Crippen LogP contribution >= 0.6 is 0 Å². The van der Waals surface area contributed by atoms with E-state index in [1.54, 1.807) is 4.90 Å². The molecule has 5 heteroatoms. The lowest BCUT2D eigenvalue weighted by atomic mass is 10.1. The standard InChI is InChI=1S/C23H31N3O2/c1-5-25(6-2)21-12-13-22(18(3)16-21)26(19(4)27)17-23(28)24-15-14-20-10-8-7-9-11-20/h7-13,16H,5-6,14-15,17H2,1-4H3,(H,24,28). The van der Waals surface area contributed by atoms with Crippen molar-refractivity contribution in [2.24, 2.45) is 0 Å². The highest BCUT2D eigenvalue weighted by atomic mass is 16.2. The molecule has 0 heterocycles. The van der Waals surface area contributed by atoms with E-state index in [4.69, 9.17) is 0 Å². The van der Waals surface area contributed by atoms with Crippen molar-refractivity contribution in [2.75, 3.05) is 36.0 Å². The number of hydrogen-bond acceptors (Lipinski definition) is 3. The van der Waals surface area contributed by atoms with Crippen molar-refractivity contribution in [1.82, 2.24) is 5.32 Å². The van der Waals surface area contributed by atoms with Crippen LogP contribution in [0.2, 0.25) is 0 Å². The summed E-state index contributed by atoms with van der Waals surface area (Å²) in [5, 5.41) is 2.91.